The quantitative estimate of drug-likeness (QED) is 0.469. The average Bonchev–Trinajstić information content (AvgIpc) is 3.29. The summed E-state index contributed by atoms with van der Waals surface area (Å²) >= 11 is 1.22. The van der Waals surface area contributed by atoms with E-state index < -0.39 is 0 Å². The van der Waals surface area contributed by atoms with Gasteiger partial charge < -0.3 is 24.3 Å². The van der Waals surface area contributed by atoms with Crippen molar-refractivity contribution in [1.82, 2.24) is 25.5 Å². The molecule has 3 aromatic rings. The summed E-state index contributed by atoms with van der Waals surface area (Å²) < 4.78 is 22.9. The number of nitrogens with zero attached hydrogens (tertiary/aromatic N) is 4. The van der Waals surface area contributed by atoms with Gasteiger partial charge in [0.25, 0.3) is 0 Å². The first-order valence-electron chi connectivity index (χ1n) is 9.21. The van der Waals surface area contributed by atoms with Gasteiger partial charge in [0.05, 0.1) is 34.2 Å². The van der Waals surface area contributed by atoms with Gasteiger partial charge in [0.2, 0.25) is 11.1 Å². The van der Waals surface area contributed by atoms with Crippen molar-refractivity contribution in [2.24, 2.45) is 0 Å². The predicted molar refractivity (Wildman–Crippen MR) is 114 cm³/mol. The summed E-state index contributed by atoms with van der Waals surface area (Å²) in [4.78, 5) is 12.4. The Morgan fingerprint density at radius 1 is 0.968 bits per heavy atom. The van der Waals surface area contributed by atoms with E-state index in [4.69, 9.17) is 18.9 Å². The third-order valence-electron chi connectivity index (χ3n) is 4.35. The van der Waals surface area contributed by atoms with Crippen molar-refractivity contribution in [3.05, 3.63) is 42.0 Å². The number of nitrogens with one attached hydrogen (secondary N) is 1. The molecule has 3 rings (SSSR count). The molecule has 0 radical (unpaired) electrons. The number of thioether (sulfide) groups is 1. The molecule has 1 aromatic heterocycles. The highest BCUT2D eigenvalue weighted by molar-refractivity contribution is 7.99. The Kier molecular flexibility index (Phi) is 7.55. The Morgan fingerprint density at radius 2 is 1.65 bits per heavy atom. The van der Waals surface area contributed by atoms with Crippen molar-refractivity contribution >= 4 is 17.7 Å². The zero-order valence-corrected chi connectivity index (χ0v) is 18.4. The maximum Gasteiger partial charge on any atom is 0.230 e. The monoisotopic (exact) mass is 445 g/mol. The molecule has 2 aromatic carbocycles. The van der Waals surface area contributed by atoms with Crippen LogP contribution in [-0.4, -0.2) is 60.3 Å². The van der Waals surface area contributed by atoms with Crippen LogP contribution in [0.25, 0.3) is 5.69 Å². The molecular weight excluding hydrogens is 422 g/mol. The van der Waals surface area contributed by atoms with Gasteiger partial charge in [0, 0.05) is 18.2 Å². The van der Waals surface area contributed by atoms with Crippen LogP contribution >= 0.6 is 11.8 Å². The smallest absolute Gasteiger partial charge is 0.230 e. The Bertz CT molecular complexity index is 1040. The maximum atomic E-state index is 12.4. The van der Waals surface area contributed by atoms with Crippen molar-refractivity contribution in [1.29, 1.82) is 0 Å². The lowest BCUT2D eigenvalue weighted by molar-refractivity contribution is -0.118. The second kappa shape index (κ2) is 10.5. The summed E-state index contributed by atoms with van der Waals surface area (Å²) in [7, 11) is 6.23. The number of hydrogen-bond acceptors (Lipinski definition) is 9. The van der Waals surface area contributed by atoms with Crippen molar-refractivity contribution < 1.29 is 23.7 Å². The predicted octanol–water partition coefficient (Wildman–Crippen LogP) is 2.11. The van der Waals surface area contributed by atoms with Gasteiger partial charge in [-0.1, -0.05) is 23.9 Å². The van der Waals surface area contributed by atoms with Crippen LogP contribution in [0.5, 0.6) is 23.0 Å². The first kappa shape index (κ1) is 22.2. The van der Waals surface area contributed by atoms with Gasteiger partial charge in [0.1, 0.15) is 17.2 Å². The fourth-order valence-corrected chi connectivity index (χ4v) is 3.54. The fourth-order valence-electron chi connectivity index (χ4n) is 2.83. The normalized spacial score (nSPS) is 10.5. The van der Waals surface area contributed by atoms with Crippen LogP contribution in [-0.2, 0) is 11.3 Å². The molecule has 0 aliphatic carbocycles. The molecule has 0 saturated carbocycles. The van der Waals surface area contributed by atoms with Crippen molar-refractivity contribution in [2.75, 3.05) is 34.2 Å². The van der Waals surface area contributed by atoms with E-state index in [1.807, 2.05) is 24.3 Å². The fraction of sp³-hybridized carbons (Fsp3) is 0.300. The minimum Gasteiger partial charge on any atom is -0.496 e. The molecule has 164 valence electrons. The molecule has 1 N–H and O–H groups in total. The van der Waals surface area contributed by atoms with E-state index in [2.05, 4.69) is 20.8 Å². The first-order valence-corrected chi connectivity index (χ1v) is 10.2. The number of benzene rings is 2. The van der Waals surface area contributed by atoms with E-state index >= 15 is 0 Å². The molecule has 0 aliphatic heterocycles. The molecule has 0 bridgehead atoms. The topological polar surface area (TPSA) is 110 Å². The first-order chi connectivity index (χ1) is 15.1. The molecule has 0 aliphatic rings. The van der Waals surface area contributed by atoms with E-state index in [0.29, 0.717) is 33.8 Å². The van der Waals surface area contributed by atoms with Gasteiger partial charge in [-0.05, 0) is 28.6 Å². The minimum absolute atomic E-state index is 0.130. The molecule has 0 saturated heterocycles. The second-order valence-electron chi connectivity index (χ2n) is 6.13. The minimum atomic E-state index is -0.184. The van der Waals surface area contributed by atoms with Gasteiger partial charge in [0.15, 0.2) is 11.5 Å². The zero-order chi connectivity index (χ0) is 22.2. The zero-order valence-electron chi connectivity index (χ0n) is 17.6. The van der Waals surface area contributed by atoms with E-state index in [9.17, 15) is 4.79 Å². The number of amides is 1. The van der Waals surface area contributed by atoms with Crippen LogP contribution in [0.15, 0.2) is 41.6 Å². The molecule has 0 atom stereocenters. The van der Waals surface area contributed by atoms with E-state index in [0.717, 1.165) is 5.56 Å². The number of aromatic nitrogens is 4. The lowest BCUT2D eigenvalue weighted by atomic mass is 10.1. The number of methoxy groups -OCH3 is 4. The molecule has 0 spiro atoms. The molecular formula is C20H23N5O5S. The van der Waals surface area contributed by atoms with Gasteiger partial charge >= 0.3 is 0 Å². The van der Waals surface area contributed by atoms with Crippen LogP contribution in [0, 0.1) is 0 Å². The SMILES string of the molecule is COc1cc(OC)c(OC)cc1CNC(=O)CSc1nnnn1-c1ccccc1OC. The maximum absolute atomic E-state index is 12.4. The molecule has 0 unspecified atom stereocenters. The third-order valence-corrected chi connectivity index (χ3v) is 5.27. The molecule has 31 heavy (non-hydrogen) atoms. The molecule has 0 fully saturated rings. The van der Waals surface area contributed by atoms with E-state index in [1.165, 1.54) is 16.4 Å². The lowest BCUT2D eigenvalue weighted by Crippen LogP contribution is -2.25. The van der Waals surface area contributed by atoms with Gasteiger partial charge in [-0.2, -0.15) is 4.68 Å². The van der Waals surface area contributed by atoms with Gasteiger partial charge in [-0.15, -0.1) is 5.10 Å². The second-order valence-corrected chi connectivity index (χ2v) is 7.07. The van der Waals surface area contributed by atoms with E-state index in [-0.39, 0.29) is 18.2 Å². The number of carbonyl (C=O) groups is 1. The van der Waals surface area contributed by atoms with Gasteiger partial charge in [-0.3, -0.25) is 4.79 Å². The van der Waals surface area contributed by atoms with Crippen molar-refractivity contribution in [3.8, 4) is 28.7 Å². The molecule has 10 nitrogen and oxygen atoms in total. The highest BCUT2D eigenvalue weighted by Crippen LogP contribution is 2.34. The van der Waals surface area contributed by atoms with Crippen LogP contribution in [0.4, 0.5) is 0 Å². The largest absolute Gasteiger partial charge is 0.496 e. The number of rotatable bonds is 10. The molecule has 1 amide bonds. The number of carbonyl (C=O) groups excluding carboxylic acids is 1. The van der Waals surface area contributed by atoms with E-state index in [1.54, 1.807) is 40.6 Å². The summed E-state index contributed by atoms with van der Waals surface area (Å²) in [6, 6.07) is 10.9. The summed E-state index contributed by atoms with van der Waals surface area (Å²) in [5.74, 6) is 2.26. The third kappa shape index (κ3) is 5.18. The Morgan fingerprint density at radius 3 is 2.35 bits per heavy atom. The lowest BCUT2D eigenvalue weighted by Gasteiger charge is -2.14. The highest BCUT2D eigenvalue weighted by atomic mass is 32.2. The summed E-state index contributed by atoms with van der Waals surface area (Å²) in [6.07, 6.45) is 0. The summed E-state index contributed by atoms with van der Waals surface area (Å²) in [6.45, 7) is 0.264. The van der Waals surface area contributed by atoms with Crippen molar-refractivity contribution in [3.63, 3.8) is 0 Å². The Balaban J connectivity index is 1.64. The van der Waals surface area contributed by atoms with Crippen molar-refractivity contribution in [2.45, 2.75) is 11.7 Å². The van der Waals surface area contributed by atoms with Gasteiger partial charge in [-0.25, -0.2) is 0 Å². The summed E-state index contributed by atoms with van der Waals surface area (Å²) in [5, 5.41) is 15.1. The average molecular weight is 446 g/mol. The van der Waals surface area contributed by atoms with Crippen LogP contribution in [0.2, 0.25) is 0 Å². The summed E-state index contributed by atoms with van der Waals surface area (Å²) in [5.41, 5.74) is 1.45. The van der Waals surface area contributed by atoms with Crippen LogP contribution < -0.4 is 24.3 Å². The van der Waals surface area contributed by atoms with Crippen LogP contribution in [0.3, 0.4) is 0 Å². The number of tetrazole rings is 1. The highest BCUT2D eigenvalue weighted by Gasteiger charge is 2.16. The number of para-hydroxylation sites is 2. The van der Waals surface area contributed by atoms with Crippen LogP contribution in [0.1, 0.15) is 5.56 Å². The Hall–Kier alpha value is -3.47. The number of hydrogen-bond donors (Lipinski definition) is 1. The number of ether oxygens (including phenoxy) is 4. The Labute approximate surface area is 183 Å². The standard InChI is InChI=1S/C20H23N5O5S/c1-27-15-8-6-5-7-14(15)25-20(22-23-24-25)31-12-19(26)21-11-13-9-17(29-3)18(30-4)10-16(13)28-2/h5-10H,11-12H2,1-4H3,(H,21,26). The molecule has 11 heteroatoms. The molecule has 1 heterocycles.